The van der Waals surface area contributed by atoms with Crippen LogP contribution >= 0.6 is 0 Å². The van der Waals surface area contributed by atoms with E-state index >= 15 is 0 Å². The lowest BCUT2D eigenvalue weighted by molar-refractivity contribution is -0.116. The van der Waals surface area contributed by atoms with Gasteiger partial charge < -0.3 is 15.2 Å². The first kappa shape index (κ1) is 16.1. The number of carbonyl (C=O) groups is 1. The van der Waals surface area contributed by atoms with Crippen LogP contribution in [0.15, 0.2) is 18.2 Å². The highest BCUT2D eigenvalue weighted by Gasteiger charge is 2.09. The van der Waals surface area contributed by atoms with Crippen LogP contribution in [0.3, 0.4) is 0 Å². The summed E-state index contributed by atoms with van der Waals surface area (Å²) >= 11 is 0. The van der Waals surface area contributed by atoms with E-state index < -0.39 is 0 Å². The van der Waals surface area contributed by atoms with E-state index in [9.17, 15) is 4.79 Å². The Balaban J connectivity index is 2.89. The summed E-state index contributed by atoms with van der Waals surface area (Å²) in [6.45, 7) is 4.03. The van der Waals surface area contributed by atoms with E-state index in [2.05, 4.69) is 17.2 Å². The van der Waals surface area contributed by atoms with E-state index in [1.165, 1.54) is 0 Å². The summed E-state index contributed by atoms with van der Waals surface area (Å²) in [4.78, 5) is 11.8. The highest BCUT2D eigenvalue weighted by Crippen LogP contribution is 2.25. The SMILES string of the molecule is COc1ccc(C#CCCO)cc1NC(=O)CC(C)C. The van der Waals surface area contributed by atoms with Crippen molar-refractivity contribution < 1.29 is 14.6 Å². The van der Waals surface area contributed by atoms with Crippen molar-refractivity contribution in [3.8, 4) is 17.6 Å². The Hall–Kier alpha value is -1.99. The summed E-state index contributed by atoms with van der Waals surface area (Å²) in [5.41, 5.74) is 1.40. The summed E-state index contributed by atoms with van der Waals surface area (Å²) in [5.74, 6) is 6.65. The smallest absolute Gasteiger partial charge is 0.224 e. The number of hydrogen-bond donors (Lipinski definition) is 2. The number of hydrogen-bond acceptors (Lipinski definition) is 3. The van der Waals surface area contributed by atoms with Crippen LogP contribution in [-0.4, -0.2) is 24.7 Å². The molecule has 1 rings (SSSR count). The molecule has 1 aromatic carbocycles. The molecular formula is C16H21NO3. The molecule has 0 radical (unpaired) electrons. The number of aliphatic hydroxyl groups is 1. The van der Waals surface area contributed by atoms with Gasteiger partial charge in [0.25, 0.3) is 0 Å². The first-order valence-electron chi connectivity index (χ1n) is 6.64. The molecule has 0 spiro atoms. The number of rotatable bonds is 5. The van der Waals surface area contributed by atoms with Gasteiger partial charge in [0.2, 0.25) is 5.91 Å². The van der Waals surface area contributed by atoms with Crippen LogP contribution in [0.2, 0.25) is 0 Å². The molecule has 4 nitrogen and oxygen atoms in total. The topological polar surface area (TPSA) is 58.6 Å². The number of nitrogens with one attached hydrogen (secondary N) is 1. The number of ether oxygens (including phenoxy) is 1. The maximum atomic E-state index is 11.8. The third-order valence-corrected chi connectivity index (χ3v) is 2.54. The highest BCUT2D eigenvalue weighted by atomic mass is 16.5. The van der Waals surface area contributed by atoms with E-state index in [1.54, 1.807) is 19.2 Å². The first-order valence-corrected chi connectivity index (χ1v) is 6.64. The third kappa shape index (κ3) is 5.33. The van der Waals surface area contributed by atoms with Crippen molar-refractivity contribution in [1.29, 1.82) is 0 Å². The molecule has 2 N–H and O–H groups in total. The Bertz CT molecular complexity index is 512. The molecule has 0 fully saturated rings. The number of anilines is 1. The van der Waals surface area contributed by atoms with Crippen LogP contribution in [0.25, 0.3) is 0 Å². The fraction of sp³-hybridized carbons (Fsp3) is 0.438. The lowest BCUT2D eigenvalue weighted by Crippen LogP contribution is -2.14. The molecule has 0 aliphatic rings. The summed E-state index contributed by atoms with van der Waals surface area (Å²) < 4.78 is 5.23. The fourth-order valence-corrected chi connectivity index (χ4v) is 1.68. The van der Waals surface area contributed by atoms with Crippen molar-refractivity contribution in [2.75, 3.05) is 19.0 Å². The Morgan fingerprint density at radius 1 is 1.45 bits per heavy atom. The maximum Gasteiger partial charge on any atom is 0.224 e. The molecule has 0 bridgehead atoms. The summed E-state index contributed by atoms with van der Waals surface area (Å²) in [7, 11) is 1.56. The van der Waals surface area contributed by atoms with Gasteiger partial charge in [0.05, 0.1) is 19.4 Å². The second-order valence-corrected chi connectivity index (χ2v) is 4.84. The van der Waals surface area contributed by atoms with Crippen molar-refractivity contribution in [1.82, 2.24) is 0 Å². The van der Waals surface area contributed by atoms with Crippen LogP contribution in [0, 0.1) is 17.8 Å². The normalized spacial score (nSPS) is 9.85. The molecule has 0 heterocycles. The molecule has 0 unspecified atom stereocenters. The molecule has 0 aliphatic heterocycles. The minimum Gasteiger partial charge on any atom is -0.495 e. The van der Waals surface area contributed by atoms with Crippen molar-refractivity contribution in [2.24, 2.45) is 5.92 Å². The van der Waals surface area contributed by atoms with Crippen LogP contribution < -0.4 is 10.1 Å². The van der Waals surface area contributed by atoms with E-state index in [1.807, 2.05) is 19.9 Å². The molecule has 0 saturated carbocycles. The van der Waals surface area contributed by atoms with E-state index in [-0.39, 0.29) is 12.5 Å². The average Bonchev–Trinajstić information content (AvgIpc) is 2.38. The second kappa shape index (κ2) is 8.23. The minimum atomic E-state index is -0.0428. The van der Waals surface area contributed by atoms with Gasteiger partial charge in [0.15, 0.2) is 0 Å². The van der Waals surface area contributed by atoms with Crippen molar-refractivity contribution >= 4 is 11.6 Å². The van der Waals surface area contributed by atoms with Gasteiger partial charge in [-0.2, -0.15) is 0 Å². The van der Waals surface area contributed by atoms with E-state index in [0.717, 1.165) is 5.56 Å². The zero-order chi connectivity index (χ0) is 15.0. The van der Waals surface area contributed by atoms with Crippen molar-refractivity contribution in [3.63, 3.8) is 0 Å². The average molecular weight is 275 g/mol. The van der Waals surface area contributed by atoms with Crippen molar-refractivity contribution in [2.45, 2.75) is 26.7 Å². The molecule has 0 atom stereocenters. The Labute approximate surface area is 120 Å². The predicted molar refractivity (Wildman–Crippen MR) is 79.7 cm³/mol. The van der Waals surface area contributed by atoms with Gasteiger partial charge in [-0.15, -0.1) is 0 Å². The summed E-state index contributed by atoms with van der Waals surface area (Å²) in [6, 6.07) is 5.37. The molecule has 1 amide bonds. The van der Waals surface area contributed by atoms with Gasteiger partial charge in [0, 0.05) is 18.4 Å². The Morgan fingerprint density at radius 3 is 2.80 bits per heavy atom. The van der Waals surface area contributed by atoms with Gasteiger partial charge in [-0.25, -0.2) is 0 Å². The molecule has 20 heavy (non-hydrogen) atoms. The largest absolute Gasteiger partial charge is 0.495 e. The molecular weight excluding hydrogens is 254 g/mol. The van der Waals surface area contributed by atoms with Gasteiger partial charge in [-0.1, -0.05) is 25.7 Å². The fourth-order valence-electron chi connectivity index (χ4n) is 1.68. The lowest BCUT2D eigenvalue weighted by atomic mass is 10.1. The predicted octanol–water partition coefficient (Wildman–Crippen LogP) is 2.41. The Kier molecular flexibility index (Phi) is 6.61. The van der Waals surface area contributed by atoms with Crippen LogP contribution in [0.1, 0.15) is 32.3 Å². The number of methoxy groups -OCH3 is 1. The van der Waals surface area contributed by atoms with Gasteiger partial charge in [-0.05, 0) is 24.1 Å². The quantitative estimate of drug-likeness (QED) is 0.811. The van der Waals surface area contributed by atoms with Crippen molar-refractivity contribution in [3.05, 3.63) is 23.8 Å². The molecule has 0 aromatic heterocycles. The highest BCUT2D eigenvalue weighted by molar-refractivity contribution is 5.92. The molecule has 108 valence electrons. The van der Waals surface area contributed by atoms with Crippen LogP contribution in [0.4, 0.5) is 5.69 Å². The number of benzene rings is 1. The Morgan fingerprint density at radius 2 is 2.20 bits per heavy atom. The van der Waals surface area contributed by atoms with Crippen LogP contribution in [0.5, 0.6) is 5.75 Å². The first-order chi connectivity index (χ1) is 9.56. The summed E-state index contributed by atoms with van der Waals surface area (Å²) in [6.07, 6.45) is 0.893. The number of aliphatic hydroxyl groups excluding tert-OH is 1. The van der Waals surface area contributed by atoms with Gasteiger partial charge in [0.1, 0.15) is 5.75 Å². The zero-order valence-electron chi connectivity index (χ0n) is 12.2. The van der Waals surface area contributed by atoms with Crippen LogP contribution in [-0.2, 0) is 4.79 Å². The zero-order valence-corrected chi connectivity index (χ0v) is 12.2. The van der Waals surface area contributed by atoms with Gasteiger partial charge >= 0.3 is 0 Å². The van der Waals surface area contributed by atoms with E-state index in [4.69, 9.17) is 9.84 Å². The number of carbonyl (C=O) groups excluding carboxylic acids is 1. The number of amides is 1. The maximum absolute atomic E-state index is 11.8. The summed E-state index contributed by atoms with van der Waals surface area (Å²) in [5, 5.41) is 11.5. The third-order valence-electron chi connectivity index (χ3n) is 2.54. The second-order valence-electron chi connectivity index (χ2n) is 4.84. The lowest BCUT2D eigenvalue weighted by Gasteiger charge is -2.11. The molecule has 1 aromatic rings. The minimum absolute atomic E-state index is 0.0428. The molecule has 4 heteroatoms. The standard InChI is InChI=1S/C16H21NO3/c1-12(2)10-16(19)17-14-11-13(6-4-5-9-18)7-8-15(14)20-3/h7-8,11-12,18H,5,9-10H2,1-3H3,(H,17,19). The monoisotopic (exact) mass is 275 g/mol. The van der Waals surface area contributed by atoms with E-state index in [0.29, 0.717) is 30.2 Å². The molecule has 0 aliphatic carbocycles. The molecule has 0 saturated heterocycles. The van der Waals surface area contributed by atoms with Gasteiger partial charge in [-0.3, -0.25) is 4.79 Å².